The minimum atomic E-state index is -0.925. The van der Waals surface area contributed by atoms with Gasteiger partial charge < -0.3 is 10.1 Å². The highest BCUT2D eigenvalue weighted by Crippen LogP contribution is 2.29. The summed E-state index contributed by atoms with van der Waals surface area (Å²) in [7, 11) is 1.29. The molecule has 4 nitrogen and oxygen atoms in total. The molecule has 0 radical (unpaired) electrons. The number of hydrogen-bond donors (Lipinski definition) is 1. The highest BCUT2D eigenvalue weighted by Gasteiger charge is 2.33. The van der Waals surface area contributed by atoms with E-state index in [4.69, 9.17) is 4.74 Å². The van der Waals surface area contributed by atoms with E-state index in [1.54, 1.807) is 12.1 Å². The highest BCUT2D eigenvalue weighted by atomic mass is 19.1. The van der Waals surface area contributed by atoms with Crippen molar-refractivity contribution in [3.63, 3.8) is 0 Å². The van der Waals surface area contributed by atoms with Gasteiger partial charge in [-0.1, -0.05) is 72.8 Å². The molecule has 1 atom stereocenters. The molecule has 29 heavy (non-hydrogen) atoms. The van der Waals surface area contributed by atoms with Gasteiger partial charge in [0.15, 0.2) is 0 Å². The van der Waals surface area contributed by atoms with Crippen LogP contribution in [0.4, 0.5) is 4.39 Å². The molecule has 3 aromatic rings. The Morgan fingerprint density at radius 3 is 2.00 bits per heavy atom. The summed E-state index contributed by atoms with van der Waals surface area (Å²) in [5.74, 6) is -1.77. The number of ether oxygens (including phenoxy) is 1. The van der Waals surface area contributed by atoms with Crippen LogP contribution in [0.15, 0.2) is 84.9 Å². The normalized spacial score (nSPS) is 11.7. The van der Waals surface area contributed by atoms with E-state index >= 15 is 0 Å². The van der Waals surface area contributed by atoms with Gasteiger partial charge in [0.05, 0.1) is 13.5 Å². The lowest BCUT2D eigenvalue weighted by Gasteiger charge is -2.27. The molecule has 0 aliphatic heterocycles. The maximum Gasteiger partial charge on any atom is 0.329 e. The van der Waals surface area contributed by atoms with Crippen LogP contribution in [-0.2, 0) is 20.7 Å². The Kier molecular flexibility index (Phi) is 6.74. The molecule has 1 amide bonds. The van der Waals surface area contributed by atoms with Crippen molar-refractivity contribution in [2.24, 2.45) is 0 Å². The number of benzene rings is 3. The van der Waals surface area contributed by atoms with E-state index in [-0.39, 0.29) is 12.3 Å². The number of rotatable bonds is 7. The van der Waals surface area contributed by atoms with Crippen molar-refractivity contribution in [3.05, 3.63) is 107 Å². The highest BCUT2D eigenvalue weighted by molar-refractivity contribution is 5.87. The van der Waals surface area contributed by atoms with Crippen molar-refractivity contribution in [1.29, 1.82) is 0 Å². The van der Waals surface area contributed by atoms with Crippen LogP contribution >= 0.6 is 0 Å². The molecule has 0 heterocycles. The van der Waals surface area contributed by atoms with E-state index in [0.717, 1.165) is 11.1 Å². The lowest BCUT2D eigenvalue weighted by molar-refractivity contribution is -0.145. The van der Waals surface area contributed by atoms with Crippen LogP contribution in [0, 0.1) is 5.82 Å². The zero-order valence-electron chi connectivity index (χ0n) is 16.0. The minimum Gasteiger partial charge on any atom is -0.467 e. The van der Waals surface area contributed by atoms with Crippen LogP contribution < -0.4 is 5.32 Å². The molecule has 0 aliphatic carbocycles. The van der Waals surface area contributed by atoms with E-state index in [1.807, 2.05) is 60.7 Å². The molecular weight excluding hydrogens is 369 g/mol. The number of halogens is 1. The van der Waals surface area contributed by atoms with Gasteiger partial charge in [-0.05, 0) is 28.8 Å². The number of amides is 1. The first-order chi connectivity index (χ1) is 14.1. The predicted octanol–water partition coefficient (Wildman–Crippen LogP) is 3.86. The number of carbonyl (C=O) groups excluding carboxylic acids is 2. The van der Waals surface area contributed by atoms with Crippen molar-refractivity contribution in [3.8, 4) is 0 Å². The van der Waals surface area contributed by atoms with Gasteiger partial charge in [-0.25, -0.2) is 9.18 Å². The zero-order valence-corrected chi connectivity index (χ0v) is 16.0. The quantitative estimate of drug-likeness (QED) is 0.623. The fraction of sp³-hybridized carbons (Fsp3) is 0.167. The first-order valence-corrected chi connectivity index (χ1v) is 9.30. The Balaban J connectivity index is 1.92. The smallest absolute Gasteiger partial charge is 0.329 e. The molecule has 3 rings (SSSR count). The molecule has 5 heteroatoms. The SMILES string of the molecule is COC(=O)[C@@H](NC(=O)Cc1cccc(F)c1)C(c1ccccc1)c1ccccc1. The van der Waals surface area contributed by atoms with Crippen LogP contribution in [-0.4, -0.2) is 25.0 Å². The standard InChI is InChI=1S/C24H22FNO3/c1-29-24(28)23(26-21(27)16-17-9-8-14-20(25)15-17)22(18-10-4-2-5-11-18)19-12-6-3-7-13-19/h2-15,22-23H,16H2,1H3,(H,26,27)/t23-/m0/s1. The average Bonchev–Trinajstić information content (AvgIpc) is 2.74. The Labute approximate surface area is 169 Å². The summed E-state index contributed by atoms with van der Waals surface area (Å²) in [5.41, 5.74) is 2.28. The molecule has 1 N–H and O–H groups in total. The van der Waals surface area contributed by atoms with Crippen LogP contribution in [0.1, 0.15) is 22.6 Å². The summed E-state index contributed by atoms with van der Waals surface area (Å²) >= 11 is 0. The molecule has 0 aromatic heterocycles. The Bertz CT molecular complexity index is 921. The summed E-state index contributed by atoms with van der Waals surface area (Å²) in [6, 6.07) is 23.9. The Morgan fingerprint density at radius 2 is 1.48 bits per heavy atom. The maximum absolute atomic E-state index is 13.4. The summed E-state index contributed by atoms with van der Waals surface area (Å²) in [6.45, 7) is 0. The number of carbonyl (C=O) groups is 2. The van der Waals surface area contributed by atoms with Crippen LogP contribution in [0.5, 0.6) is 0 Å². The first kappa shape index (κ1) is 20.3. The Hall–Kier alpha value is -3.47. The van der Waals surface area contributed by atoms with Gasteiger partial charge in [0, 0.05) is 5.92 Å². The monoisotopic (exact) mass is 391 g/mol. The molecule has 0 aliphatic rings. The lowest BCUT2D eigenvalue weighted by atomic mass is 9.85. The average molecular weight is 391 g/mol. The van der Waals surface area contributed by atoms with E-state index < -0.39 is 23.7 Å². The third-order valence-corrected chi connectivity index (χ3v) is 4.68. The van der Waals surface area contributed by atoms with Crippen molar-refractivity contribution in [1.82, 2.24) is 5.32 Å². The molecule has 0 spiro atoms. The predicted molar refractivity (Wildman–Crippen MR) is 109 cm³/mol. The van der Waals surface area contributed by atoms with Crippen LogP contribution in [0.2, 0.25) is 0 Å². The first-order valence-electron chi connectivity index (χ1n) is 9.30. The van der Waals surface area contributed by atoms with Crippen molar-refractivity contribution in [2.45, 2.75) is 18.4 Å². The topological polar surface area (TPSA) is 55.4 Å². The molecule has 0 fully saturated rings. The molecule has 0 saturated heterocycles. The van der Waals surface area contributed by atoms with E-state index in [9.17, 15) is 14.0 Å². The lowest BCUT2D eigenvalue weighted by Crippen LogP contribution is -2.46. The summed E-state index contributed by atoms with van der Waals surface area (Å²) in [6.07, 6.45) is -0.0401. The van der Waals surface area contributed by atoms with Gasteiger partial charge in [-0.3, -0.25) is 4.79 Å². The minimum absolute atomic E-state index is 0.0401. The molecule has 0 saturated carbocycles. The van der Waals surface area contributed by atoms with E-state index in [2.05, 4.69) is 5.32 Å². The fourth-order valence-corrected chi connectivity index (χ4v) is 3.36. The van der Waals surface area contributed by atoms with Crippen LogP contribution in [0.3, 0.4) is 0 Å². The maximum atomic E-state index is 13.4. The van der Waals surface area contributed by atoms with Crippen molar-refractivity contribution < 1.29 is 18.7 Å². The summed E-state index contributed by atoms with van der Waals surface area (Å²) in [4.78, 5) is 25.3. The zero-order chi connectivity index (χ0) is 20.6. The molecule has 0 bridgehead atoms. The third-order valence-electron chi connectivity index (χ3n) is 4.68. The third kappa shape index (κ3) is 5.29. The molecular formula is C24H22FNO3. The van der Waals surface area contributed by atoms with Crippen molar-refractivity contribution >= 4 is 11.9 Å². The number of methoxy groups -OCH3 is 1. The van der Waals surface area contributed by atoms with Crippen LogP contribution in [0.25, 0.3) is 0 Å². The summed E-state index contributed by atoms with van der Waals surface area (Å²) < 4.78 is 18.4. The number of esters is 1. The summed E-state index contributed by atoms with van der Waals surface area (Å²) in [5, 5.41) is 2.80. The van der Waals surface area contributed by atoms with Gasteiger partial charge >= 0.3 is 5.97 Å². The van der Waals surface area contributed by atoms with Gasteiger partial charge in [-0.15, -0.1) is 0 Å². The fourth-order valence-electron chi connectivity index (χ4n) is 3.36. The Morgan fingerprint density at radius 1 is 0.897 bits per heavy atom. The molecule has 0 unspecified atom stereocenters. The second kappa shape index (κ2) is 9.64. The number of hydrogen-bond acceptors (Lipinski definition) is 3. The molecule has 3 aromatic carbocycles. The van der Waals surface area contributed by atoms with E-state index in [1.165, 1.54) is 19.2 Å². The van der Waals surface area contributed by atoms with Gasteiger partial charge in [0.25, 0.3) is 0 Å². The van der Waals surface area contributed by atoms with Gasteiger partial charge in [0.2, 0.25) is 5.91 Å². The largest absolute Gasteiger partial charge is 0.467 e. The van der Waals surface area contributed by atoms with Gasteiger partial charge in [0.1, 0.15) is 11.9 Å². The number of nitrogens with one attached hydrogen (secondary N) is 1. The van der Waals surface area contributed by atoms with E-state index in [0.29, 0.717) is 5.56 Å². The van der Waals surface area contributed by atoms with Gasteiger partial charge in [-0.2, -0.15) is 0 Å². The molecule has 148 valence electrons. The van der Waals surface area contributed by atoms with Crippen molar-refractivity contribution in [2.75, 3.05) is 7.11 Å². The second-order valence-corrected chi connectivity index (χ2v) is 6.67. The second-order valence-electron chi connectivity index (χ2n) is 6.67.